The van der Waals surface area contributed by atoms with Gasteiger partial charge in [0.05, 0.1) is 6.61 Å². The van der Waals surface area contributed by atoms with Crippen molar-refractivity contribution in [2.24, 2.45) is 11.8 Å². The number of carbonyl (C=O) groups is 1. The van der Waals surface area contributed by atoms with Gasteiger partial charge in [0.25, 0.3) is 0 Å². The van der Waals surface area contributed by atoms with Crippen LogP contribution in [0.15, 0.2) is 18.2 Å². The molecule has 2 aliphatic heterocycles. The molecule has 0 radical (unpaired) electrons. The molecule has 4 heteroatoms. The molecule has 0 bridgehead atoms. The Hall–Kier alpha value is -1.39. The number of benzene rings is 1. The fraction of sp³-hybridized carbons (Fsp3) is 0.731. The number of rotatable bonds is 7. The average molecular weight is 412 g/mol. The van der Waals surface area contributed by atoms with Crippen molar-refractivity contribution < 1.29 is 14.6 Å². The highest BCUT2D eigenvalue weighted by atomic mass is 16.5. The van der Waals surface area contributed by atoms with E-state index in [-0.39, 0.29) is 5.78 Å². The third kappa shape index (κ3) is 4.45. The topological polar surface area (TPSA) is 49.8 Å². The van der Waals surface area contributed by atoms with E-state index >= 15 is 0 Å². The van der Waals surface area contributed by atoms with Gasteiger partial charge in [0, 0.05) is 18.4 Å². The van der Waals surface area contributed by atoms with Crippen molar-refractivity contribution in [1.82, 2.24) is 4.90 Å². The summed E-state index contributed by atoms with van der Waals surface area (Å²) in [4.78, 5) is 14.8. The fourth-order valence-electron chi connectivity index (χ4n) is 6.04. The predicted molar refractivity (Wildman–Crippen MR) is 118 cm³/mol. The largest absolute Gasteiger partial charge is 0.493 e. The molecule has 30 heavy (non-hydrogen) atoms. The number of likely N-dealkylation sites (tertiary alicyclic amines) is 1. The van der Waals surface area contributed by atoms with Gasteiger partial charge in [-0.1, -0.05) is 25.0 Å². The molecule has 2 saturated carbocycles. The number of carbonyl (C=O) groups excluding carboxylic acids is 1. The van der Waals surface area contributed by atoms with Crippen LogP contribution >= 0.6 is 0 Å². The molecule has 0 atom stereocenters. The van der Waals surface area contributed by atoms with Gasteiger partial charge in [-0.05, 0) is 94.0 Å². The Labute approximate surface area is 181 Å². The summed E-state index contributed by atoms with van der Waals surface area (Å²) in [5, 5.41) is 9.98. The molecule has 4 nitrogen and oxygen atoms in total. The summed E-state index contributed by atoms with van der Waals surface area (Å²) in [6.45, 7) is 4.52. The van der Waals surface area contributed by atoms with Gasteiger partial charge >= 0.3 is 0 Å². The molecule has 4 aliphatic rings. The molecular weight excluding hydrogens is 374 g/mol. The zero-order valence-corrected chi connectivity index (χ0v) is 18.3. The smallest absolute Gasteiger partial charge is 0.164 e. The third-order valence-electron chi connectivity index (χ3n) is 8.34. The number of fused-ring (bicyclic) bond motifs is 1. The van der Waals surface area contributed by atoms with Crippen LogP contribution < -0.4 is 4.74 Å². The number of aliphatic hydroxyl groups is 1. The van der Waals surface area contributed by atoms with Crippen LogP contribution in [0.2, 0.25) is 0 Å². The van der Waals surface area contributed by atoms with E-state index in [0.717, 1.165) is 24.7 Å². The van der Waals surface area contributed by atoms with E-state index in [9.17, 15) is 9.90 Å². The van der Waals surface area contributed by atoms with E-state index in [2.05, 4.69) is 23.1 Å². The second-order valence-corrected chi connectivity index (χ2v) is 10.4. The summed E-state index contributed by atoms with van der Waals surface area (Å²) in [6.07, 6.45) is 11.8. The monoisotopic (exact) mass is 411 g/mol. The third-order valence-corrected chi connectivity index (χ3v) is 8.34. The number of Topliss-reactive ketones (excluding diaryl/α,β-unsaturated/α-hetero) is 1. The Bertz CT molecular complexity index is 756. The molecule has 1 aromatic rings. The molecule has 1 aromatic carbocycles. The van der Waals surface area contributed by atoms with Crippen LogP contribution in [0.1, 0.15) is 81.3 Å². The number of ether oxygens (including phenoxy) is 1. The van der Waals surface area contributed by atoms with Crippen LogP contribution in [0.4, 0.5) is 0 Å². The van der Waals surface area contributed by atoms with Gasteiger partial charge in [-0.15, -0.1) is 0 Å². The summed E-state index contributed by atoms with van der Waals surface area (Å²) in [6, 6.07) is 6.62. The van der Waals surface area contributed by atoms with Gasteiger partial charge < -0.3 is 14.7 Å². The molecule has 0 aromatic heterocycles. The van der Waals surface area contributed by atoms with E-state index in [1.54, 1.807) is 5.56 Å². The first-order valence-electron chi connectivity index (χ1n) is 12.3. The number of piperidine rings is 1. The van der Waals surface area contributed by atoms with E-state index in [1.165, 1.54) is 70.1 Å². The highest BCUT2D eigenvalue weighted by Crippen LogP contribution is 2.41. The SMILES string of the molecule is O=C(CC1CCC(CCN2CCC(c3cccc4c3CCO4)CC2)CC1)C1(O)CC1. The Morgan fingerprint density at radius 2 is 1.80 bits per heavy atom. The first kappa shape index (κ1) is 20.5. The summed E-state index contributed by atoms with van der Waals surface area (Å²) < 4.78 is 5.76. The quantitative estimate of drug-likeness (QED) is 0.719. The van der Waals surface area contributed by atoms with Crippen LogP contribution in [0.25, 0.3) is 0 Å². The van der Waals surface area contributed by atoms with Crippen molar-refractivity contribution in [2.45, 2.75) is 82.1 Å². The van der Waals surface area contributed by atoms with Crippen molar-refractivity contribution in [1.29, 1.82) is 0 Å². The maximum absolute atomic E-state index is 12.1. The molecule has 0 spiro atoms. The molecule has 2 aliphatic carbocycles. The van der Waals surface area contributed by atoms with Crippen molar-refractivity contribution in [2.75, 3.05) is 26.2 Å². The molecule has 1 saturated heterocycles. The summed E-state index contributed by atoms with van der Waals surface area (Å²) in [5.41, 5.74) is 2.10. The Morgan fingerprint density at radius 3 is 2.53 bits per heavy atom. The van der Waals surface area contributed by atoms with Crippen LogP contribution in [0.5, 0.6) is 5.75 Å². The standard InChI is InChI=1S/C26H37NO3/c28-25(26(29)12-13-26)18-20-6-4-19(5-7-20)8-14-27-15-9-21(10-16-27)22-2-1-3-24-23(22)11-17-30-24/h1-3,19-21,29H,4-18H2. The maximum atomic E-state index is 12.1. The molecular formula is C26H37NO3. The van der Waals surface area contributed by atoms with E-state index in [1.807, 2.05) is 0 Å². The lowest BCUT2D eigenvalue weighted by Crippen LogP contribution is -2.35. The number of hydrogen-bond acceptors (Lipinski definition) is 4. The van der Waals surface area contributed by atoms with E-state index < -0.39 is 5.60 Å². The van der Waals surface area contributed by atoms with Crippen molar-refractivity contribution in [3.63, 3.8) is 0 Å². The zero-order chi connectivity index (χ0) is 20.6. The summed E-state index contributed by atoms with van der Waals surface area (Å²) in [7, 11) is 0. The summed E-state index contributed by atoms with van der Waals surface area (Å²) in [5.74, 6) is 3.29. The van der Waals surface area contributed by atoms with E-state index in [0.29, 0.717) is 31.1 Å². The molecule has 3 fully saturated rings. The van der Waals surface area contributed by atoms with Crippen LogP contribution in [0.3, 0.4) is 0 Å². The number of nitrogens with zero attached hydrogens (tertiary/aromatic N) is 1. The lowest BCUT2D eigenvalue weighted by molar-refractivity contribution is -0.130. The van der Waals surface area contributed by atoms with Gasteiger partial charge in [-0.2, -0.15) is 0 Å². The molecule has 0 unspecified atom stereocenters. The zero-order valence-electron chi connectivity index (χ0n) is 18.3. The normalized spacial score (nSPS) is 28.7. The van der Waals surface area contributed by atoms with Crippen LogP contribution in [0, 0.1) is 11.8 Å². The second-order valence-electron chi connectivity index (χ2n) is 10.4. The van der Waals surface area contributed by atoms with Crippen LogP contribution in [-0.2, 0) is 11.2 Å². The average Bonchev–Trinajstić information content (AvgIpc) is 3.34. The predicted octanol–water partition coefficient (Wildman–Crippen LogP) is 4.48. The van der Waals surface area contributed by atoms with Gasteiger partial charge in [0.1, 0.15) is 11.4 Å². The molecule has 164 valence electrons. The molecule has 5 rings (SSSR count). The lowest BCUT2D eigenvalue weighted by Gasteiger charge is -2.35. The minimum Gasteiger partial charge on any atom is -0.493 e. The second kappa shape index (κ2) is 8.63. The van der Waals surface area contributed by atoms with Crippen molar-refractivity contribution >= 4 is 5.78 Å². The fourth-order valence-corrected chi connectivity index (χ4v) is 6.04. The Kier molecular flexibility index (Phi) is 5.90. The summed E-state index contributed by atoms with van der Waals surface area (Å²) >= 11 is 0. The number of ketones is 1. The van der Waals surface area contributed by atoms with Gasteiger partial charge in [-0.3, -0.25) is 4.79 Å². The molecule has 0 amide bonds. The minimum absolute atomic E-state index is 0.115. The molecule has 1 N–H and O–H groups in total. The molecule has 2 heterocycles. The van der Waals surface area contributed by atoms with Gasteiger partial charge in [0.15, 0.2) is 5.78 Å². The Balaban J connectivity index is 1.02. The van der Waals surface area contributed by atoms with Crippen molar-refractivity contribution in [3.05, 3.63) is 29.3 Å². The van der Waals surface area contributed by atoms with Gasteiger partial charge in [-0.25, -0.2) is 0 Å². The highest BCUT2D eigenvalue weighted by molar-refractivity contribution is 5.89. The first-order valence-corrected chi connectivity index (χ1v) is 12.3. The Morgan fingerprint density at radius 1 is 1.07 bits per heavy atom. The minimum atomic E-state index is -0.921. The van der Waals surface area contributed by atoms with Crippen LogP contribution in [-0.4, -0.2) is 47.6 Å². The van der Waals surface area contributed by atoms with Gasteiger partial charge in [0.2, 0.25) is 0 Å². The van der Waals surface area contributed by atoms with E-state index in [4.69, 9.17) is 4.74 Å². The highest BCUT2D eigenvalue weighted by Gasteiger charge is 2.47. The lowest BCUT2D eigenvalue weighted by atomic mass is 9.78. The maximum Gasteiger partial charge on any atom is 0.164 e. The number of hydrogen-bond donors (Lipinski definition) is 1. The first-order chi connectivity index (χ1) is 14.6. The van der Waals surface area contributed by atoms with Crippen molar-refractivity contribution in [3.8, 4) is 5.75 Å².